The highest BCUT2D eigenvalue weighted by molar-refractivity contribution is 5.38. The van der Waals surface area contributed by atoms with Gasteiger partial charge in [0.15, 0.2) is 0 Å². The molecule has 5 rings (SSSR count). The zero-order chi connectivity index (χ0) is 25.9. The molecule has 7 unspecified atom stereocenters. The van der Waals surface area contributed by atoms with Crippen molar-refractivity contribution in [1.82, 2.24) is 0 Å². The molecule has 0 heterocycles. The first kappa shape index (κ1) is 27.7. The number of hydrogen-bond donors (Lipinski definition) is 0. The van der Waals surface area contributed by atoms with Crippen LogP contribution in [0.25, 0.3) is 0 Å². The first-order valence-corrected chi connectivity index (χ1v) is 16.8. The summed E-state index contributed by atoms with van der Waals surface area (Å²) in [6.45, 7) is 9.70. The summed E-state index contributed by atoms with van der Waals surface area (Å²) in [5, 5.41) is 0. The van der Waals surface area contributed by atoms with Crippen molar-refractivity contribution in [3.05, 3.63) is 34.9 Å². The van der Waals surface area contributed by atoms with E-state index in [-0.39, 0.29) is 6.67 Å². The van der Waals surface area contributed by atoms with Gasteiger partial charge in [0.05, 0.1) is 6.67 Å². The maximum absolute atomic E-state index is 12.7. The van der Waals surface area contributed by atoms with Crippen LogP contribution in [0.5, 0.6) is 0 Å². The molecule has 0 radical (unpaired) electrons. The van der Waals surface area contributed by atoms with Crippen LogP contribution in [0.1, 0.15) is 124 Å². The summed E-state index contributed by atoms with van der Waals surface area (Å²) in [5.41, 5.74) is 5.49. The maximum Gasteiger partial charge on any atom is 0.0894 e. The Morgan fingerprint density at radius 3 is 2.35 bits per heavy atom. The minimum atomic E-state index is -0.123. The molecular weight excluding hydrogens is 451 g/mol. The quantitative estimate of drug-likeness (QED) is 0.230. The molecule has 4 saturated carbocycles. The summed E-state index contributed by atoms with van der Waals surface area (Å²) < 4.78 is 12.7. The highest BCUT2D eigenvalue weighted by Gasteiger charge is 2.53. The molecule has 5 aliphatic carbocycles. The van der Waals surface area contributed by atoms with Crippen molar-refractivity contribution in [2.75, 3.05) is 6.67 Å². The van der Waals surface area contributed by atoms with Crippen molar-refractivity contribution < 1.29 is 4.39 Å². The molecule has 0 spiro atoms. The zero-order valence-corrected chi connectivity index (χ0v) is 24.7. The van der Waals surface area contributed by atoms with Crippen LogP contribution in [0.15, 0.2) is 34.9 Å². The van der Waals surface area contributed by atoms with Gasteiger partial charge < -0.3 is 0 Å². The number of fused-ring (bicyclic) bond motifs is 3. The van der Waals surface area contributed by atoms with Gasteiger partial charge in [-0.2, -0.15) is 0 Å². The number of halogens is 1. The Labute approximate surface area is 229 Å². The third kappa shape index (κ3) is 6.17. The van der Waals surface area contributed by atoms with Crippen molar-refractivity contribution in [2.24, 2.45) is 59.2 Å². The first-order valence-electron chi connectivity index (χ1n) is 16.8. The van der Waals surface area contributed by atoms with Crippen LogP contribution in [-0.2, 0) is 0 Å². The van der Waals surface area contributed by atoms with Crippen molar-refractivity contribution in [2.45, 2.75) is 124 Å². The first-order chi connectivity index (χ1) is 18.1. The standard InChI is InChI=1S/C36H57F/c1-5-24-11-16-30-22-33(36(29-17-18-29)35-23-34(35)32(30)20-24)27(7-3)21-26(6-2)31(8-4)28-14-12-25(13-15-28)10-9-19-37/h11,16,20,25-28,30-35H,5-10,12-15,17-19,21-23H2,1-4H3/t25?,26-,27?,28?,30?,31?,32?,33?,34?,35?/m0/s1. The predicted molar refractivity (Wildman–Crippen MR) is 157 cm³/mol. The lowest BCUT2D eigenvalue weighted by atomic mass is 9.65. The van der Waals surface area contributed by atoms with Crippen LogP contribution in [-0.4, -0.2) is 6.67 Å². The topological polar surface area (TPSA) is 0 Å². The molecule has 0 aromatic rings. The summed E-state index contributed by atoms with van der Waals surface area (Å²) in [5.74, 6) is 8.68. The van der Waals surface area contributed by atoms with E-state index in [4.69, 9.17) is 0 Å². The maximum atomic E-state index is 12.7. The van der Waals surface area contributed by atoms with Crippen LogP contribution in [0.4, 0.5) is 4.39 Å². The van der Waals surface area contributed by atoms with Gasteiger partial charge in [0.1, 0.15) is 0 Å². The highest BCUT2D eigenvalue weighted by atomic mass is 19.1. The van der Waals surface area contributed by atoms with Crippen LogP contribution in [0, 0.1) is 59.2 Å². The smallest absolute Gasteiger partial charge is 0.0894 e. The van der Waals surface area contributed by atoms with Gasteiger partial charge in [-0.15, -0.1) is 0 Å². The molecule has 0 aliphatic heterocycles. The van der Waals surface area contributed by atoms with Gasteiger partial charge in [-0.1, -0.05) is 94.7 Å². The molecule has 8 atom stereocenters. The molecule has 0 nitrogen and oxygen atoms in total. The van der Waals surface area contributed by atoms with E-state index in [2.05, 4.69) is 45.9 Å². The molecule has 0 N–H and O–H groups in total. The molecular formula is C36H57F. The fraction of sp³-hybridized carbons (Fsp3) is 0.833. The SMILES string of the molecule is CCC1=CC2C(C=C1)CC(C(CC)C[C@H](CC)C(CC)C1CCC(CCCF)CC1)C(=C1CC1)C1CC12. The Morgan fingerprint density at radius 1 is 0.946 bits per heavy atom. The second-order valence-electron chi connectivity index (χ2n) is 13.9. The lowest BCUT2D eigenvalue weighted by Gasteiger charge is -2.40. The number of hydrogen-bond acceptors (Lipinski definition) is 0. The highest BCUT2D eigenvalue weighted by Crippen LogP contribution is 2.63. The average molecular weight is 509 g/mol. The Balaban J connectivity index is 1.30. The Hall–Kier alpha value is -0.850. The average Bonchev–Trinajstić information content (AvgIpc) is 3.85. The molecule has 208 valence electrons. The normalized spacial score (nSPS) is 37.2. The van der Waals surface area contributed by atoms with Crippen LogP contribution >= 0.6 is 0 Å². The van der Waals surface area contributed by atoms with Gasteiger partial charge in [-0.3, -0.25) is 4.39 Å². The van der Waals surface area contributed by atoms with E-state index in [1.54, 1.807) is 5.57 Å². The fourth-order valence-electron chi connectivity index (χ4n) is 9.70. The van der Waals surface area contributed by atoms with E-state index in [9.17, 15) is 4.39 Å². The summed E-state index contributed by atoms with van der Waals surface area (Å²) in [7, 11) is 0. The van der Waals surface area contributed by atoms with E-state index in [1.807, 2.05) is 11.1 Å². The van der Waals surface area contributed by atoms with E-state index < -0.39 is 0 Å². The molecule has 37 heavy (non-hydrogen) atoms. The lowest BCUT2D eigenvalue weighted by molar-refractivity contribution is 0.113. The second-order valence-corrected chi connectivity index (χ2v) is 13.9. The largest absolute Gasteiger partial charge is 0.251 e. The molecule has 5 aliphatic rings. The molecule has 0 aromatic heterocycles. The number of rotatable bonds is 12. The predicted octanol–water partition coefficient (Wildman–Crippen LogP) is 10.9. The summed E-state index contributed by atoms with van der Waals surface area (Å²) >= 11 is 0. The zero-order valence-electron chi connectivity index (χ0n) is 24.7. The monoisotopic (exact) mass is 508 g/mol. The van der Waals surface area contributed by atoms with Gasteiger partial charge >= 0.3 is 0 Å². The molecule has 0 amide bonds. The van der Waals surface area contributed by atoms with Crippen LogP contribution < -0.4 is 0 Å². The number of allylic oxidation sites excluding steroid dienone is 6. The van der Waals surface area contributed by atoms with Gasteiger partial charge in [0.2, 0.25) is 0 Å². The summed E-state index contributed by atoms with van der Waals surface area (Å²) in [6, 6.07) is 0. The Bertz CT molecular complexity index is 833. The molecule has 0 aromatic carbocycles. The minimum absolute atomic E-state index is 0.123. The minimum Gasteiger partial charge on any atom is -0.251 e. The van der Waals surface area contributed by atoms with Crippen LogP contribution in [0.3, 0.4) is 0 Å². The van der Waals surface area contributed by atoms with Gasteiger partial charge in [0, 0.05) is 0 Å². The van der Waals surface area contributed by atoms with Crippen molar-refractivity contribution >= 4 is 0 Å². The Morgan fingerprint density at radius 2 is 1.73 bits per heavy atom. The van der Waals surface area contributed by atoms with E-state index in [1.165, 1.54) is 83.5 Å². The van der Waals surface area contributed by atoms with Gasteiger partial charge in [-0.05, 0) is 123 Å². The fourth-order valence-corrected chi connectivity index (χ4v) is 9.70. The van der Waals surface area contributed by atoms with Crippen molar-refractivity contribution in [3.8, 4) is 0 Å². The van der Waals surface area contributed by atoms with Crippen molar-refractivity contribution in [3.63, 3.8) is 0 Å². The van der Waals surface area contributed by atoms with Gasteiger partial charge in [0.25, 0.3) is 0 Å². The van der Waals surface area contributed by atoms with E-state index in [0.717, 1.165) is 72.0 Å². The van der Waals surface area contributed by atoms with E-state index in [0.29, 0.717) is 0 Å². The lowest BCUT2D eigenvalue weighted by Crippen LogP contribution is -2.30. The molecule has 4 fully saturated rings. The second kappa shape index (κ2) is 12.6. The molecule has 1 heteroatoms. The molecule has 0 bridgehead atoms. The summed E-state index contributed by atoms with van der Waals surface area (Å²) in [6.07, 6.45) is 27.7. The number of alkyl halides is 1. The van der Waals surface area contributed by atoms with Crippen LogP contribution in [0.2, 0.25) is 0 Å². The van der Waals surface area contributed by atoms with E-state index >= 15 is 0 Å². The van der Waals surface area contributed by atoms with Gasteiger partial charge in [-0.25, -0.2) is 0 Å². The third-order valence-corrected chi connectivity index (χ3v) is 12.0. The Kier molecular flexibility index (Phi) is 9.40. The third-order valence-electron chi connectivity index (χ3n) is 12.0. The summed E-state index contributed by atoms with van der Waals surface area (Å²) in [4.78, 5) is 0. The molecule has 0 saturated heterocycles. The van der Waals surface area contributed by atoms with Crippen molar-refractivity contribution in [1.29, 1.82) is 0 Å².